The van der Waals surface area contributed by atoms with E-state index in [1.54, 1.807) is 19.0 Å². The lowest BCUT2D eigenvalue weighted by molar-refractivity contribution is -0.134. The molecule has 148 valence electrons. The number of hydrogen-bond donors (Lipinski definition) is 2. The number of guanidine groups is 1. The number of benzene rings is 1. The van der Waals surface area contributed by atoms with Crippen LogP contribution in [0.3, 0.4) is 0 Å². The summed E-state index contributed by atoms with van der Waals surface area (Å²) in [4.78, 5) is 18.1. The molecule has 0 bridgehead atoms. The maximum atomic E-state index is 12.0. The third kappa shape index (κ3) is 5.22. The van der Waals surface area contributed by atoms with Crippen molar-refractivity contribution in [3.05, 3.63) is 35.9 Å². The maximum Gasteiger partial charge on any atom is 0.243 e. The number of rotatable bonds is 5. The van der Waals surface area contributed by atoms with Gasteiger partial charge in [-0.25, -0.2) is 4.99 Å². The van der Waals surface area contributed by atoms with Crippen LogP contribution in [0.4, 0.5) is 0 Å². The maximum absolute atomic E-state index is 12.0. The highest BCUT2D eigenvalue weighted by atomic mass is 16.5. The predicted molar refractivity (Wildman–Crippen MR) is 108 cm³/mol. The van der Waals surface area contributed by atoms with Crippen LogP contribution in [0, 0.1) is 0 Å². The number of amides is 1. The summed E-state index contributed by atoms with van der Waals surface area (Å²) in [5.41, 5.74) is 1.26. The second-order valence-electron chi connectivity index (χ2n) is 7.95. The number of aliphatic imine (C=N–C) groups is 1. The van der Waals surface area contributed by atoms with E-state index < -0.39 is 0 Å². The summed E-state index contributed by atoms with van der Waals surface area (Å²) in [7, 11) is 3.51. The number of likely N-dealkylation sites (N-methyl/N-ethyl adjacent to an activating group) is 1. The molecule has 1 heterocycles. The van der Waals surface area contributed by atoms with E-state index in [0.717, 1.165) is 32.3 Å². The van der Waals surface area contributed by atoms with Crippen LogP contribution in [0.15, 0.2) is 35.3 Å². The molecule has 2 aliphatic rings. The van der Waals surface area contributed by atoms with Crippen LogP contribution < -0.4 is 10.6 Å². The van der Waals surface area contributed by atoms with Gasteiger partial charge >= 0.3 is 0 Å². The molecule has 2 fully saturated rings. The normalized spacial score (nSPS) is 22.6. The molecule has 1 spiro atoms. The van der Waals surface area contributed by atoms with Gasteiger partial charge in [-0.2, -0.15) is 0 Å². The summed E-state index contributed by atoms with van der Waals surface area (Å²) in [5, 5.41) is 7.03. The lowest BCUT2D eigenvalue weighted by Gasteiger charge is -2.47. The molecule has 0 radical (unpaired) electrons. The van der Waals surface area contributed by atoms with Crippen LogP contribution in [-0.4, -0.2) is 55.7 Å². The Bertz CT molecular complexity index is 655. The van der Waals surface area contributed by atoms with E-state index >= 15 is 0 Å². The Morgan fingerprint density at radius 1 is 1.33 bits per heavy atom. The summed E-state index contributed by atoms with van der Waals surface area (Å²) in [6.07, 6.45) is 5.54. The smallest absolute Gasteiger partial charge is 0.243 e. The molecule has 0 aromatic heterocycles. The van der Waals surface area contributed by atoms with Gasteiger partial charge in [0.05, 0.1) is 11.6 Å². The molecule has 1 saturated heterocycles. The highest BCUT2D eigenvalue weighted by Gasteiger charge is 2.42. The van der Waals surface area contributed by atoms with Crippen molar-refractivity contribution in [1.82, 2.24) is 15.5 Å². The minimum Gasteiger partial charge on any atom is -0.375 e. The standard InChI is InChI=1S/C21H32N4O2/c1-16(17-8-5-4-6-9-17)23-20(22-15-19(26)25(2)3)24-18-10-13-27-21(14-18)11-7-12-21/h4-6,8-9,16,18H,7,10-15H2,1-3H3,(H2,22,23,24). The lowest BCUT2D eigenvalue weighted by Crippen LogP contribution is -2.54. The molecule has 3 rings (SSSR count). The Kier molecular flexibility index (Phi) is 6.37. The monoisotopic (exact) mass is 372 g/mol. The van der Waals surface area contributed by atoms with Crippen molar-refractivity contribution < 1.29 is 9.53 Å². The van der Waals surface area contributed by atoms with Crippen molar-refractivity contribution in [2.45, 2.75) is 56.7 Å². The fourth-order valence-corrected chi connectivity index (χ4v) is 3.72. The van der Waals surface area contributed by atoms with Crippen LogP contribution in [0.2, 0.25) is 0 Å². The molecule has 1 saturated carbocycles. The molecule has 2 unspecified atom stereocenters. The zero-order valence-electron chi connectivity index (χ0n) is 16.7. The summed E-state index contributed by atoms with van der Waals surface area (Å²) in [6.45, 7) is 3.03. The predicted octanol–water partition coefficient (Wildman–Crippen LogP) is 2.47. The molecule has 1 aliphatic carbocycles. The van der Waals surface area contributed by atoms with E-state index in [2.05, 4.69) is 34.7 Å². The molecule has 2 N–H and O–H groups in total. The number of ether oxygens (including phenoxy) is 1. The first-order valence-corrected chi connectivity index (χ1v) is 9.94. The van der Waals surface area contributed by atoms with E-state index in [4.69, 9.17) is 4.74 Å². The first kappa shape index (κ1) is 19.7. The summed E-state index contributed by atoms with van der Waals surface area (Å²) in [6, 6.07) is 10.7. The third-order valence-corrected chi connectivity index (χ3v) is 5.62. The van der Waals surface area contributed by atoms with Crippen molar-refractivity contribution in [3.63, 3.8) is 0 Å². The fraction of sp³-hybridized carbons (Fsp3) is 0.619. The first-order chi connectivity index (χ1) is 13.0. The van der Waals surface area contributed by atoms with Gasteiger partial charge in [-0.05, 0) is 44.6 Å². The first-order valence-electron chi connectivity index (χ1n) is 9.94. The molecule has 6 heteroatoms. The Labute approximate surface area is 162 Å². The Balaban J connectivity index is 1.67. The van der Waals surface area contributed by atoms with Crippen LogP contribution >= 0.6 is 0 Å². The van der Waals surface area contributed by atoms with Gasteiger partial charge in [0.2, 0.25) is 5.91 Å². The van der Waals surface area contributed by atoms with Gasteiger partial charge in [0.25, 0.3) is 0 Å². The fourth-order valence-electron chi connectivity index (χ4n) is 3.72. The Morgan fingerprint density at radius 2 is 2.07 bits per heavy atom. The van der Waals surface area contributed by atoms with E-state index in [1.165, 1.54) is 12.0 Å². The second kappa shape index (κ2) is 8.74. The lowest BCUT2D eigenvalue weighted by atomic mass is 9.74. The molecular formula is C21H32N4O2. The Morgan fingerprint density at radius 3 is 2.70 bits per heavy atom. The molecule has 6 nitrogen and oxygen atoms in total. The van der Waals surface area contributed by atoms with Gasteiger partial charge in [0.15, 0.2) is 5.96 Å². The second-order valence-corrected chi connectivity index (χ2v) is 7.95. The van der Waals surface area contributed by atoms with E-state index in [-0.39, 0.29) is 24.1 Å². The van der Waals surface area contributed by atoms with Crippen molar-refractivity contribution in [2.75, 3.05) is 27.2 Å². The van der Waals surface area contributed by atoms with Gasteiger partial charge in [0, 0.05) is 26.7 Å². The highest BCUT2D eigenvalue weighted by molar-refractivity contribution is 5.85. The molecule has 27 heavy (non-hydrogen) atoms. The number of carbonyl (C=O) groups is 1. The SMILES string of the molecule is CC(NC(=NCC(=O)N(C)C)NC1CCOC2(CCC2)C1)c1ccccc1. The molecule has 1 aliphatic heterocycles. The van der Waals surface area contributed by atoms with Gasteiger partial charge < -0.3 is 20.3 Å². The average Bonchev–Trinajstić information content (AvgIpc) is 2.65. The van der Waals surface area contributed by atoms with Crippen molar-refractivity contribution in [3.8, 4) is 0 Å². The zero-order chi connectivity index (χ0) is 19.3. The largest absolute Gasteiger partial charge is 0.375 e. The van der Waals surface area contributed by atoms with Crippen molar-refractivity contribution in [2.24, 2.45) is 4.99 Å². The van der Waals surface area contributed by atoms with E-state index in [1.807, 2.05) is 18.2 Å². The summed E-state index contributed by atoms with van der Waals surface area (Å²) in [5.74, 6) is 0.689. The van der Waals surface area contributed by atoms with Gasteiger partial charge in [-0.15, -0.1) is 0 Å². The van der Waals surface area contributed by atoms with Crippen molar-refractivity contribution >= 4 is 11.9 Å². The van der Waals surface area contributed by atoms with Crippen LogP contribution in [0.5, 0.6) is 0 Å². The van der Waals surface area contributed by atoms with Crippen LogP contribution in [0.25, 0.3) is 0 Å². The van der Waals surface area contributed by atoms with Gasteiger partial charge in [-0.1, -0.05) is 30.3 Å². The van der Waals surface area contributed by atoms with E-state index in [0.29, 0.717) is 12.0 Å². The third-order valence-electron chi connectivity index (χ3n) is 5.62. The van der Waals surface area contributed by atoms with Crippen molar-refractivity contribution in [1.29, 1.82) is 0 Å². The van der Waals surface area contributed by atoms with Crippen LogP contribution in [-0.2, 0) is 9.53 Å². The average molecular weight is 373 g/mol. The van der Waals surface area contributed by atoms with Gasteiger partial charge in [-0.3, -0.25) is 4.79 Å². The number of nitrogens with zero attached hydrogens (tertiary/aromatic N) is 2. The number of hydrogen-bond acceptors (Lipinski definition) is 3. The summed E-state index contributed by atoms with van der Waals surface area (Å²) < 4.78 is 6.03. The molecule has 1 aromatic carbocycles. The topological polar surface area (TPSA) is 66.0 Å². The quantitative estimate of drug-likeness (QED) is 0.616. The molecule has 2 atom stereocenters. The van der Waals surface area contributed by atoms with E-state index in [9.17, 15) is 4.79 Å². The minimum atomic E-state index is -0.00842. The zero-order valence-corrected chi connectivity index (χ0v) is 16.7. The highest BCUT2D eigenvalue weighted by Crippen LogP contribution is 2.42. The molecular weight excluding hydrogens is 340 g/mol. The summed E-state index contributed by atoms with van der Waals surface area (Å²) >= 11 is 0. The minimum absolute atomic E-state index is 0.00842. The Hall–Kier alpha value is -2.08. The van der Waals surface area contributed by atoms with Crippen LogP contribution in [0.1, 0.15) is 50.6 Å². The molecule has 1 amide bonds. The molecule has 1 aromatic rings. The van der Waals surface area contributed by atoms with Gasteiger partial charge in [0.1, 0.15) is 6.54 Å². The number of nitrogens with one attached hydrogen (secondary N) is 2. The number of carbonyl (C=O) groups excluding carboxylic acids is 1.